The molecule has 0 bridgehead atoms. The number of amides is 2. The highest BCUT2D eigenvalue weighted by Gasteiger charge is 2.10. The lowest BCUT2D eigenvalue weighted by atomic mass is 10.0. The molecule has 28 heavy (non-hydrogen) atoms. The second-order valence-electron chi connectivity index (χ2n) is 6.55. The fourth-order valence-corrected chi connectivity index (χ4v) is 2.82. The van der Waals surface area contributed by atoms with Gasteiger partial charge in [0.2, 0.25) is 11.8 Å². The lowest BCUT2D eigenvalue weighted by molar-refractivity contribution is -0.124. The largest absolute Gasteiger partial charge is 0.504 e. The number of aryl methyl sites for hydroxylation is 3. The van der Waals surface area contributed by atoms with E-state index in [1.54, 1.807) is 12.1 Å². The van der Waals surface area contributed by atoms with Crippen molar-refractivity contribution in [3.8, 4) is 11.5 Å². The number of nitrogens with one attached hydrogen (secondary N) is 2. The van der Waals surface area contributed by atoms with Crippen molar-refractivity contribution in [2.75, 3.05) is 12.4 Å². The van der Waals surface area contributed by atoms with Gasteiger partial charge in [0, 0.05) is 18.5 Å². The number of nitrogens with zero attached hydrogens (tertiary/aromatic N) is 1. The number of phenols is 1. The molecule has 2 aromatic rings. The predicted molar refractivity (Wildman–Crippen MR) is 109 cm³/mol. The van der Waals surface area contributed by atoms with Crippen LogP contribution in [0.3, 0.4) is 0 Å². The van der Waals surface area contributed by atoms with Gasteiger partial charge in [-0.15, -0.1) is 0 Å². The first-order valence-corrected chi connectivity index (χ1v) is 8.86. The molecule has 0 aromatic heterocycles. The summed E-state index contributed by atoms with van der Waals surface area (Å²) in [6.45, 7) is 5.88. The Morgan fingerprint density at radius 3 is 2.36 bits per heavy atom. The smallest absolute Gasteiger partial charge is 0.240 e. The van der Waals surface area contributed by atoms with Gasteiger partial charge in [0.25, 0.3) is 0 Å². The number of hydrogen-bond donors (Lipinski definition) is 3. The summed E-state index contributed by atoms with van der Waals surface area (Å²) in [6, 6.07) is 8.70. The average molecular weight is 383 g/mol. The highest BCUT2D eigenvalue weighted by Crippen LogP contribution is 2.25. The molecule has 0 aliphatic carbocycles. The highest BCUT2D eigenvalue weighted by molar-refractivity contribution is 5.94. The fraction of sp³-hybridized carbons (Fsp3) is 0.286. The molecule has 7 heteroatoms. The zero-order valence-electron chi connectivity index (χ0n) is 16.5. The van der Waals surface area contributed by atoms with Crippen LogP contribution >= 0.6 is 0 Å². The number of ether oxygens (including phenoxy) is 1. The number of methoxy groups -OCH3 is 1. The summed E-state index contributed by atoms with van der Waals surface area (Å²) < 4.78 is 5.01. The first-order chi connectivity index (χ1) is 13.3. The van der Waals surface area contributed by atoms with Crippen LogP contribution < -0.4 is 15.5 Å². The molecule has 7 nitrogen and oxygen atoms in total. The number of phenolic OH excluding ortho intramolecular Hbond substituents is 1. The quantitative estimate of drug-likeness (QED) is 0.505. The SMILES string of the molecule is COc1cc(C=NNC(=O)CCC(=O)Nc2c(C)cc(C)cc2C)ccc1O. The molecule has 0 spiro atoms. The average Bonchev–Trinajstić information content (AvgIpc) is 2.64. The van der Waals surface area contributed by atoms with Crippen molar-refractivity contribution in [3.05, 3.63) is 52.6 Å². The molecule has 2 amide bonds. The summed E-state index contributed by atoms with van der Waals surface area (Å²) in [6.07, 6.45) is 1.51. The molecular weight excluding hydrogens is 358 g/mol. The first kappa shape index (κ1) is 21.0. The summed E-state index contributed by atoms with van der Waals surface area (Å²) in [5.74, 6) is -0.255. The predicted octanol–water partition coefficient (Wildman–Crippen LogP) is 3.20. The van der Waals surface area contributed by atoms with Crippen LogP contribution in [0.25, 0.3) is 0 Å². The molecule has 0 unspecified atom stereocenters. The molecule has 0 atom stereocenters. The van der Waals surface area contributed by atoms with Crippen molar-refractivity contribution in [2.24, 2.45) is 5.10 Å². The summed E-state index contributed by atoms with van der Waals surface area (Å²) in [7, 11) is 1.45. The number of rotatable bonds is 7. The maximum Gasteiger partial charge on any atom is 0.240 e. The zero-order chi connectivity index (χ0) is 20.7. The normalized spacial score (nSPS) is 10.7. The third kappa shape index (κ3) is 5.84. The van der Waals surface area contributed by atoms with Gasteiger partial charge < -0.3 is 15.2 Å². The van der Waals surface area contributed by atoms with Crippen LogP contribution in [-0.4, -0.2) is 30.2 Å². The number of hydrogen-bond acceptors (Lipinski definition) is 5. The Morgan fingerprint density at radius 1 is 1.07 bits per heavy atom. The lowest BCUT2D eigenvalue weighted by Gasteiger charge is -2.12. The van der Waals surface area contributed by atoms with Crippen LogP contribution in [0.2, 0.25) is 0 Å². The molecule has 0 saturated heterocycles. The number of hydrazone groups is 1. The monoisotopic (exact) mass is 383 g/mol. The van der Waals surface area contributed by atoms with Crippen molar-refractivity contribution < 1.29 is 19.4 Å². The van der Waals surface area contributed by atoms with E-state index in [-0.39, 0.29) is 30.4 Å². The van der Waals surface area contributed by atoms with Crippen molar-refractivity contribution >= 4 is 23.7 Å². The van der Waals surface area contributed by atoms with E-state index < -0.39 is 0 Å². The van der Waals surface area contributed by atoms with Crippen molar-refractivity contribution in [1.29, 1.82) is 0 Å². The van der Waals surface area contributed by atoms with Crippen LogP contribution in [-0.2, 0) is 9.59 Å². The van der Waals surface area contributed by atoms with E-state index >= 15 is 0 Å². The van der Waals surface area contributed by atoms with Gasteiger partial charge in [-0.1, -0.05) is 17.7 Å². The van der Waals surface area contributed by atoms with Gasteiger partial charge in [-0.3, -0.25) is 9.59 Å². The van der Waals surface area contributed by atoms with Gasteiger partial charge in [-0.2, -0.15) is 5.10 Å². The number of carbonyl (C=O) groups is 2. The van der Waals surface area contributed by atoms with E-state index in [1.165, 1.54) is 19.4 Å². The van der Waals surface area contributed by atoms with E-state index in [4.69, 9.17) is 4.74 Å². The van der Waals surface area contributed by atoms with Crippen LogP contribution in [0.15, 0.2) is 35.4 Å². The highest BCUT2D eigenvalue weighted by atomic mass is 16.5. The topological polar surface area (TPSA) is 100 Å². The molecule has 0 aliphatic heterocycles. The van der Waals surface area contributed by atoms with Crippen LogP contribution in [0.1, 0.15) is 35.1 Å². The van der Waals surface area contributed by atoms with E-state index in [1.807, 2.05) is 32.9 Å². The van der Waals surface area contributed by atoms with Crippen molar-refractivity contribution in [1.82, 2.24) is 5.43 Å². The van der Waals surface area contributed by atoms with Gasteiger partial charge in [0.1, 0.15) is 0 Å². The van der Waals surface area contributed by atoms with Gasteiger partial charge in [0.15, 0.2) is 11.5 Å². The van der Waals surface area contributed by atoms with Gasteiger partial charge in [-0.05, 0) is 55.7 Å². The fourth-order valence-electron chi connectivity index (χ4n) is 2.82. The Morgan fingerprint density at radius 2 is 1.71 bits per heavy atom. The Labute approximate surface area is 164 Å². The molecule has 2 rings (SSSR count). The number of aromatic hydroxyl groups is 1. The Balaban J connectivity index is 1.83. The summed E-state index contributed by atoms with van der Waals surface area (Å²) >= 11 is 0. The number of carbonyl (C=O) groups excluding carboxylic acids is 2. The Hall–Kier alpha value is -3.35. The minimum atomic E-state index is -0.366. The van der Waals surface area contributed by atoms with E-state index in [2.05, 4.69) is 15.8 Å². The Kier molecular flexibility index (Phi) is 7.14. The maximum atomic E-state index is 12.1. The third-order valence-electron chi connectivity index (χ3n) is 4.13. The van der Waals surface area contributed by atoms with Crippen molar-refractivity contribution in [2.45, 2.75) is 33.6 Å². The molecule has 0 fully saturated rings. The molecule has 0 heterocycles. The van der Waals surface area contributed by atoms with Crippen LogP contribution in [0, 0.1) is 20.8 Å². The molecular formula is C21H25N3O4. The van der Waals surface area contributed by atoms with E-state index in [9.17, 15) is 14.7 Å². The summed E-state index contributed by atoms with van der Waals surface area (Å²) in [5.41, 5.74) is 6.93. The van der Waals surface area contributed by atoms with E-state index in [0.717, 1.165) is 22.4 Å². The second kappa shape index (κ2) is 9.55. The number of anilines is 1. The minimum Gasteiger partial charge on any atom is -0.504 e. The van der Waals surface area contributed by atoms with Gasteiger partial charge in [-0.25, -0.2) is 5.43 Å². The molecule has 0 aliphatic rings. The minimum absolute atomic E-state index is 0.0199. The molecule has 0 saturated carbocycles. The first-order valence-electron chi connectivity index (χ1n) is 8.86. The molecule has 148 valence electrons. The summed E-state index contributed by atoms with van der Waals surface area (Å²) in [5, 5.41) is 16.3. The lowest BCUT2D eigenvalue weighted by Crippen LogP contribution is -2.21. The zero-order valence-corrected chi connectivity index (χ0v) is 16.5. The van der Waals surface area contributed by atoms with Crippen LogP contribution in [0.4, 0.5) is 5.69 Å². The standard InChI is InChI=1S/C21H25N3O4/c1-13-9-14(2)21(15(3)10-13)23-19(26)7-8-20(27)24-22-12-16-5-6-17(25)18(11-16)28-4/h5-6,9-12,25H,7-8H2,1-4H3,(H,23,26)(H,24,27). The number of benzene rings is 2. The molecule has 3 N–H and O–H groups in total. The maximum absolute atomic E-state index is 12.1. The van der Waals surface area contributed by atoms with Crippen LogP contribution in [0.5, 0.6) is 11.5 Å². The second-order valence-corrected chi connectivity index (χ2v) is 6.55. The Bertz CT molecular complexity index is 884. The van der Waals surface area contributed by atoms with Gasteiger partial charge >= 0.3 is 0 Å². The molecule has 2 aromatic carbocycles. The summed E-state index contributed by atoms with van der Waals surface area (Å²) in [4.78, 5) is 24.0. The third-order valence-corrected chi connectivity index (χ3v) is 4.13. The molecule has 0 radical (unpaired) electrons. The van der Waals surface area contributed by atoms with E-state index in [0.29, 0.717) is 11.3 Å². The van der Waals surface area contributed by atoms with Crippen molar-refractivity contribution in [3.63, 3.8) is 0 Å². The van der Waals surface area contributed by atoms with Gasteiger partial charge in [0.05, 0.1) is 13.3 Å².